The van der Waals surface area contributed by atoms with E-state index in [1.807, 2.05) is 91.0 Å². The molecule has 3 aromatic rings. The zero-order valence-corrected chi connectivity index (χ0v) is 22.0. The predicted octanol–water partition coefficient (Wildman–Crippen LogP) is 3.37. The molecular formula is C31H34O8. The molecule has 206 valence electrons. The Bertz CT molecular complexity index is 1200. The summed E-state index contributed by atoms with van der Waals surface area (Å²) in [5, 5.41) is 22.5. The van der Waals surface area contributed by atoms with Gasteiger partial charge in [0.15, 0.2) is 11.6 Å². The maximum Gasteiger partial charge on any atom is 0.256 e. The number of Topliss-reactive ketones (excluding diaryl/α,β-unsaturated/α-hetero) is 2. The van der Waals surface area contributed by atoms with E-state index in [0.29, 0.717) is 0 Å². The molecule has 0 radical (unpaired) electrons. The van der Waals surface area contributed by atoms with Crippen LogP contribution in [0.2, 0.25) is 0 Å². The number of ether oxygens (including phenoxy) is 4. The Morgan fingerprint density at radius 1 is 0.744 bits per heavy atom. The van der Waals surface area contributed by atoms with Gasteiger partial charge in [-0.25, -0.2) is 0 Å². The van der Waals surface area contributed by atoms with E-state index in [1.54, 1.807) is 0 Å². The molecule has 1 fully saturated rings. The summed E-state index contributed by atoms with van der Waals surface area (Å²) in [7, 11) is 0. The van der Waals surface area contributed by atoms with Crippen LogP contribution < -0.4 is 0 Å². The van der Waals surface area contributed by atoms with Gasteiger partial charge in [0.2, 0.25) is 0 Å². The topological polar surface area (TPSA) is 112 Å². The Labute approximate surface area is 228 Å². The van der Waals surface area contributed by atoms with E-state index in [-0.39, 0.29) is 19.8 Å². The Kier molecular flexibility index (Phi) is 9.74. The summed E-state index contributed by atoms with van der Waals surface area (Å²) in [6, 6.07) is 28.0. The molecule has 1 saturated heterocycles. The standard InChI is InChI=1S/C31H34O8/c1-21(32)26(34)27-28(36-18-23-12-6-3-7-13-23)29(37-19-24-14-8-4-9-15-24)30(31(35,39-27)22(2)33)38-20-25-16-10-5-11-17-25/h3-17,26-30,34-35H,18-20H2,1-2H3/t26?,27-,28-,29+,30+,31+/m1/s1. The number of hydrogen-bond donors (Lipinski definition) is 2. The first-order valence-electron chi connectivity index (χ1n) is 12.9. The third kappa shape index (κ3) is 7.05. The number of carbonyl (C=O) groups excluding carboxylic acids is 2. The van der Waals surface area contributed by atoms with Crippen LogP contribution in [0.15, 0.2) is 91.0 Å². The average molecular weight is 535 g/mol. The Balaban J connectivity index is 1.72. The molecule has 1 unspecified atom stereocenters. The van der Waals surface area contributed by atoms with E-state index in [0.717, 1.165) is 23.6 Å². The largest absolute Gasteiger partial charge is 0.382 e. The Morgan fingerprint density at radius 3 is 1.56 bits per heavy atom. The van der Waals surface area contributed by atoms with Gasteiger partial charge in [-0.05, 0) is 23.6 Å². The van der Waals surface area contributed by atoms with Gasteiger partial charge in [-0.2, -0.15) is 0 Å². The van der Waals surface area contributed by atoms with Gasteiger partial charge < -0.3 is 29.2 Å². The molecule has 1 heterocycles. The molecule has 0 aromatic heterocycles. The Morgan fingerprint density at radius 2 is 1.15 bits per heavy atom. The summed E-state index contributed by atoms with van der Waals surface area (Å²) >= 11 is 0. The van der Waals surface area contributed by atoms with Crippen LogP contribution in [-0.4, -0.2) is 58.1 Å². The molecule has 8 heteroatoms. The van der Waals surface area contributed by atoms with Gasteiger partial charge in [0.05, 0.1) is 19.8 Å². The van der Waals surface area contributed by atoms with E-state index in [2.05, 4.69) is 0 Å². The van der Waals surface area contributed by atoms with Gasteiger partial charge >= 0.3 is 0 Å². The van der Waals surface area contributed by atoms with Crippen molar-refractivity contribution in [1.82, 2.24) is 0 Å². The van der Waals surface area contributed by atoms with Gasteiger partial charge in [0, 0.05) is 6.92 Å². The molecule has 0 amide bonds. The SMILES string of the molecule is CC(=O)C(O)[C@H]1O[C@@](O)(C(C)=O)[C@@H](OCc2ccccc2)[C@@H](OCc2ccccc2)[C@@H]1OCc1ccccc1. The summed E-state index contributed by atoms with van der Waals surface area (Å²) in [6.07, 6.45) is -6.60. The first-order chi connectivity index (χ1) is 18.8. The first-order valence-corrected chi connectivity index (χ1v) is 12.9. The molecule has 1 aliphatic rings. The van der Waals surface area contributed by atoms with Gasteiger partial charge in [-0.1, -0.05) is 91.0 Å². The maximum atomic E-state index is 12.9. The fraction of sp³-hybridized carbons (Fsp3) is 0.355. The summed E-state index contributed by atoms with van der Waals surface area (Å²) in [5.74, 6) is -3.87. The molecule has 4 rings (SSSR count). The molecule has 0 bridgehead atoms. The van der Waals surface area contributed by atoms with E-state index in [1.165, 1.54) is 6.92 Å². The van der Waals surface area contributed by atoms with Crippen molar-refractivity contribution < 1.29 is 38.7 Å². The van der Waals surface area contributed by atoms with Crippen LogP contribution in [0.4, 0.5) is 0 Å². The minimum absolute atomic E-state index is 0.0426. The van der Waals surface area contributed by atoms with Crippen LogP contribution in [0.25, 0.3) is 0 Å². The lowest BCUT2D eigenvalue weighted by Gasteiger charge is -2.50. The van der Waals surface area contributed by atoms with Gasteiger partial charge in [-0.15, -0.1) is 0 Å². The molecule has 8 nitrogen and oxygen atoms in total. The highest BCUT2D eigenvalue weighted by Gasteiger charge is 2.60. The predicted molar refractivity (Wildman–Crippen MR) is 142 cm³/mol. The summed E-state index contributed by atoms with van der Waals surface area (Å²) < 4.78 is 24.6. The van der Waals surface area contributed by atoms with E-state index in [9.17, 15) is 19.8 Å². The van der Waals surface area contributed by atoms with Crippen LogP contribution in [0, 0.1) is 0 Å². The highest BCUT2D eigenvalue weighted by atomic mass is 16.7. The molecule has 0 aliphatic carbocycles. The molecule has 0 spiro atoms. The smallest absolute Gasteiger partial charge is 0.256 e. The van der Waals surface area contributed by atoms with Crippen molar-refractivity contribution in [3.63, 3.8) is 0 Å². The zero-order valence-electron chi connectivity index (χ0n) is 22.0. The number of hydrogen-bond acceptors (Lipinski definition) is 8. The highest BCUT2D eigenvalue weighted by Crippen LogP contribution is 2.37. The fourth-order valence-corrected chi connectivity index (χ4v) is 4.56. The minimum Gasteiger partial charge on any atom is -0.382 e. The van der Waals surface area contributed by atoms with Crippen molar-refractivity contribution in [3.8, 4) is 0 Å². The number of ketones is 2. The summed E-state index contributed by atoms with van der Waals surface area (Å²) in [6.45, 7) is 2.60. The number of aliphatic hydroxyl groups excluding tert-OH is 1. The fourth-order valence-electron chi connectivity index (χ4n) is 4.56. The van der Waals surface area contributed by atoms with E-state index < -0.39 is 47.9 Å². The number of rotatable bonds is 12. The third-order valence-corrected chi connectivity index (χ3v) is 6.72. The van der Waals surface area contributed by atoms with Crippen LogP contribution in [-0.2, 0) is 48.4 Å². The second-order valence-corrected chi connectivity index (χ2v) is 9.63. The monoisotopic (exact) mass is 534 g/mol. The molecule has 39 heavy (non-hydrogen) atoms. The lowest BCUT2D eigenvalue weighted by Crippen LogP contribution is -2.71. The van der Waals surface area contributed by atoms with Crippen LogP contribution in [0.5, 0.6) is 0 Å². The second kappa shape index (κ2) is 13.2. The van der Waals surface area contributed by atoms with Crippen LogP contribution in [0.1, 0.15) is 30.5 Å². The summed E-state index contributed by atoms with van der Waals surface area (Å²) in [4.78, 5) is 25.2. The lowest BCUT2D eigenvalue weighted by atomic mass is 9.86. The van der Waals surface area contributed by atoms with Crippen LogP contribution >= 0.6 is 0 Å². The third-order valence-electron chi connectivity index (χ3n) is 6.72. The lowest BCUT2D eigenvalue weighted by molar-refractivity contribution is -0.356. The molecule has 2 N–H and O–H groups in total. The van der Waals surface area contributed by atoms with Crippen molar-refractivity contribution in [2.45, 2.75) is 70.0 Å². The normalized spacial score (nSPS) is 25.6. The van der Waals surface area contributed by atoms with Gasteiger partial charge in [0.1, 0.15) is 30.5 Å². The summed E-state index contributed by atoms with van der Waals surface area (Å²) in [5.41, 5.74) is 2.48. The van der Waals surface area contributed by atoms with Crippen molar-refractivity contribution in [2.75, 3.05) is 0 Å². The average Bonchev–Trinajstić information content (AvgIpc) is 2.95. The number of benzene rings is 3. The minimum atomic E-state index is -2.51. The Hall–Kier alpha value is -3.24. The first kappa shape index (κ1) is 28.8. The highest BCUT2D eigenvalue weighted by molar-refractivity contribution is 5.85. The molecule has 3 aromatic carbocycles. The zero-order chi connectivity index (χ0) is 27.8. The molecule has 6 atom stereocenters. The molecule has 1 aliphatic heterocycles. The number of carbonyl (C=O) groups is 2. The van der Waals surface area contributed by atoms with Gasteiger partial charge in [-0.3, -0.25) is 9.59 Å². The van der Waals surface area contributed by atoms with E-state index in [4.69, 9.17) is 18.9 Å². The van der Waals surface area contributed by atoms with Crippen molar-refractivity contribution in [1.29, 1.82) is 0 Å². The van der Waals surface area contributed by atoms with E-state index >= 15 is 0 Å². The number of aliphatic hydroxyl groups is 2. The van der Waals surface area contributed by atoms with Crippen molar-refractivity contribution in [3.05, 3.63) is 108 Å². The molecule has 0 saturated carbocycles. The van der Waals surface area contributed by atoms with Crippen molar-refractivity contribution >= 4 is 11.6 Å². The van der Waals surface area contributed by atoms with Crippen LogP contribution in [0.3, 0.4) is 0 Å². The second-order valence-electron chi connectivity index (χ2n) is 9.63. The quantitative estimate of drug-likeness (QED) is 0.364. The van der Waals surface area contributed by atoms with Gasteiger partial charge in [0.25, 0.3) is 5.79 Å². The van der Waals surface area contributed by atoms with Crippen molar-refractivity contribution in [2.24, 2.45) is 0 Å². The molecular weight excluding hydrogens is 500 g/mol. The maximum absolute atomic E-state index is 12.9.